The van der Waals surface area contributed by atoms with Gasteiger partial charge in [-0.2, -0.15) is 5.26 Å². The second-order valence-corrected chi connectivity index (χ2v) is 5.97. The molecule has 2 amide bonds. The highest BCUT2D eigenvalue weighted by Gasteiger charge is 2.37. The molecule has 0 spiro atoms. The van der Waals surface area contributed by atoms with Crippen LogP contribution in [0.2, 0.25) is 0 Å². The average Bonchev–Trinajstić information content (AvgIpc) is 2.63. The van der Waals surface area contributed by atoms with E-state index in [2.05, 4.69) is 20.6 Å². The molecule has 6 heteroatoms. The minimum Gasteiger partial charge on any atom is -0.327 e. The minimum absolute atomic E-state index is 0.128. The molecular weight excluding hydrogens is 302 g/mol. The monoisotopic (exact) mass is 321 g/mol. The molecule has 1 aromatic carbocycles. The Morgan fingerprint density at radius 2 is 1.88 bits per heavy atom. The Bertz CT molecular complexity index is 748. The van der Waals surface area contributed by atoms with Crippen LogP contribution in [0.25, 0.3) is 0 Å². The number of hydrogen-bond donors (Lipinski definition) is 2. The largest absolute Gasteiger partial charge is 0.327 e. The van der Waals surface area contributed by atoms with Gasteiger partial charge in [-0.1, -0.05) is 37.5 Å². The third kappa shape index (κ3) is 3.51. The Hall–Kier alpha value is -2.94. The predicted octanol–water partition coefficient (Wildman–Crippen LogP) is 3.33. The highest BCUT2D eigenvalue weighted by molar-refractivity contribution is 5.89. The van der Waals surface area contributed by atoms with Gasteiger partial charge in [-0.3, -0.25) is 0 Å². The van der Waals surface area contributed by atoms with Gasteiger partial charge < -0.3 is 10.6 Å². The lowest BCUT2D eigenvalue weighted by Gasteiger charge is -2.37. The summed E-state index contributed by atoms with van der Waals surface area (Å²) in [4.78, 5) is 20.7. The van der Waals surface area contributed by atoms with E-state index in [1.807, 2.05) is 36.4 Å². The van der Waals surface area contributed by atoms with Gasteiger partial charge >= 0.3 is 6.03 Å². The fourth-order valence-corrected chi connectivity index (χ4v) is 3.18. The fraction of sp³-hybridized carbons (Fsp3) is 0.333. The molecule has 3 rings (SSSR count). The van der Waals surface area contributed by atoms with Crippen LogP contribution in [-0.4, -0.2) is 16.0 Å². The summed E-state index contributed by atoms with van der Waals surface area (Å²) in [7, 11) is 0. The van der Waals surface area contributed by atoms with Gasteiger partial charge in [-0.05, 0) is 31.0 Å². The van der Waals surface area contributed by atoms with Crippen LogP contribution in [0, 0.1) is 11.3 Å². The van der Waals surface area contributed by atoms with Gasteiger partial charge in [0.15, 0.2) is 0 Å². The molecule has 0 radical (unpaired) electrons. The Balaban J connectivity index is 1.83. The summed E-state index contributed by atoms with van der Waals surface area (Å²) in [5.41, 5.74) is 0.893. The van der Waals surface area contributed by atoms with Gasteiger partial charge in [0.25, 0.3) is 0 Å². The van der Waals surface area contributed by atoms with Crippen molar-refractivity contribution >= 4 is 11.7 Å². The number of amides is 2. The molecule has 2 aromatic rings. The lowest BCUT2D eigenvalue weighted by molar-refractivity contribution is 0.209. The number of urea groups is 1. The number of hydrogen-bond acceptors (Lipinski definition) is 4. The normalized spacial score (nSPS) is 16.0. The van der Waals surface area contributed by atoms with Crippen LogP contribution >= 0.6 is 0 Å². The van der Waals surface area contributed by atoms with Crippen molar-refractivity contribution in [2.45, 2.75) is 37.6 Å². The molecule has 1 aromatic heterocycles. The van der Waals surface area contributed by atoms with Gasteiger partial charge in [0.2, 0.25) is 5.82 Å². The molecule has 0 unspecified atom stereocenters. The first kappa shape index (κ1) is 15.9. The summed E-state index contributed by atoms with van der Waals surface area (Å²) >= 11 is 0. The molecule has 0 aliphatic heterocycles. The van der Waals surface area contributed by atoms with Crippen molar-refractivity contribution in [2.24, 2.45) is 0 Å². The Morgan fingerprint density at radius 3 is 2.58 bits per heavy atom. The number of para-hydroxylation sites is 1. The summed E-state index contributed by atoms with van der Waals surface area (Å²) in [5, 5.41) is 15.0. The number of rotatable bonds is 3. The molecular formula is C18H19N5O. The second-order valence-electron chi connectivity index (χ2n) is 5.97. The molecule has 0 atom stereocenters. The van der Waals surface area contributed by atoms with Crippen molar-refractivity contribution in [3.8, 4) is 6.07 Å². The maximum atomic E-state index is 12.5. The molecule has 0 saturated heterocycles. The molecule has 1 aliphatic rings. The third-order valence-electron chi connectivity index (χ3n) is 4.34. The lowest BCUT2D eigenvalue weighted by Crippen LogP contribution is -2.49. The van der Waals surface area contributed by atoms with Crippen LogP contribution in [0.1, 0.15) is 43.6 Å². The third-order valence-corrected chi connectivity index (χ3v) is 4.34. The predicted molar refractivity (Wildman–Crippen MR) is 90.1 cm³/mol. The van der Waals surface area contributed by atoms with E-state index in [0.717, 1.165) is 37.8 Å². The zero-order valence-corrected chi connectivity index (χ0v) is 13.3. The quantitative estimate of drug-likeness (QED) is 0.907. The van der Waals surface area contributed by atoms with E-state index in [0.29, 0.717) is 5.69 Å². The molecule has 1 aliphatic carbocycles. The van der Waals surface area contributed by atoms with Gasteiger partial charge in [-0.15, -0.1) is 0 Å². The first-order valence-corrected chi connectivity index (χ1v) is 8.10. The maximum absolute atomic E-state index is 12.5. The van der Waals surface area contributed by atoms with Crippen LogP contribution in [0.15, 0.2) is 42.6 Å². The number of benzene rings is 1. The Morgan fingerprint density at radius 1 is 1.12 bits per heavy atom. The number of nitrogens with one attached hydrogen (secondary N) is 2. The van der Waals surface area contributed by atoms with E-state index < -0.39 is 5.54 Å². The Labute approximate surface area is 140 Å². The second kappa shape index (κ2) is 7.09. The first-order chi connectivity index (χ1) is 11.7. The molecule has 122 valence electrons. The minimum atomic E-state index is -0.550. The number of aromatic nitrogens is 2. The number of nitrogens with zero attached hydrogens (tertiary/aromatic N) is 3. The summed E-state index contributed by atoms with van der Waals surface area (Å²) in [5.74, 6) is 0.128. The summed E-state index contributed by atoms with van der Waals surface area (Å²) < 4.78 is 0. The highest BCUT2D eigenvalue weighted by Crippen LogP contribution is 2.36. The van der Waals surface area contributed by atoms with Crippen LogP contribution in [0.5, 0.6) is 0 Å². The van der Waals surface area contributed by atoms with Crippen molar-refractivity contribution in [1.82, 2.24) is 15.3 Å². The number of carbonyl (C=O) groups is 1. The summed E-state index contributed by atoms with van der Waals surface area (Å²) in [6, 6.07) is 12.8. The number of carbonyl (C=O) groups excluding carboxylic acids is 1. The Kier molecular flexibility index (Phi) is 4.71. The van der Waals surface area contributed by atoms with Crippen LogP contribution in [0.4, 0.5) is 10.5 Å². The van der Waals surface area contributed by atoms with E-state index in [-0.39, 0.29) is 11.9 Å². The van der Waals surface area contributed by atoms with Crippen LogP contribution in [0.3, 0.4) is 0 Å². The zero-order valence-electron chi connectivity index (χ0n) is 13.3. The van der Waals surface area contributed by atoms with Crippen molar-refractivity contribution < 1.29 is 4.79 Å². The van der Waals surface area contributed by atoms with E-state index in [4.69, 9.17) is 5.26 Å². The van der Waals surface area contributed by atoms with Crippen molar-refractivity contribution in [3.05, 3.63) is 54.1 Å². The van der Waals surface area contributed by atoms with Gasteiger partial charge in [0, 0.05) is 11.9 Å². The van der Waals surface area contributed by atoms with E-state index in [1.54, 1.807) is 12.3 Å². The number of anilines is 1. The molecule has 0 bridgehead atoms. The highest BCUT2D eigenvalue weighted by atomic mass is 16.2. The van der Waals surface area contributed by atoms with E-state index >= 15 is 0 Å². The summed E-state index contributed by atoms with van der Waals surface area (Å²) in [6.45, 7) is 0. The molecule has 2 N–H and O–H groups in total. The fourth-order valence-electron chi connectivity index (χ4n) is 3.18. The number of nitriles is 1. The van der Waals surface area contributed by atoms with Gasteiger partial charge in [0.1, 0.15) is 6.07 Å². The average molecular weight is 321 g/mol. The van der Waals surface area contributed by atoms with Gasteiger partial charge in [-0.25, -0.2) is 14.8 Å². The smallest absolute Gasteiger partial charge is 0.319 e. The summed E-state index contributed by atoms with van der Waals surface area (Å²) in [6.07, 6.45) is 6.34. The lowest BCUT2D eigenvalue weighted by atomic mass is 9.79. The maximum Gasteiger partial charge on any atom is 0.319 e. The van der Waals surface area contributed by atoms with Crippen LogP contribution in [-0.2, 0) is 5.54 Å². The van der Waals surface area contributed by atoms with E-state index in [1.165, 1.54) is 0 Å². The first-order valence-electron chi connectivity index (χ1n) is 8.10. The van der Waals surface area contributed by atoms with Crippen molar-refractivity contribution in [3.63, 3.8) is 0 Å². The molecule has 6 nitrogen and oxygen atoms in total. The zero-order chi connectivity index (χ0) is 16.8. The van der Waals surface area contributed by atoms with Crippen molar-refractivity contribution in [2.75, 3.05) is 5.32 Å². The molecule has 1 saturated carbocycles. The van der Waals surface area contributed by atoms with Crippen molar-refractivity contribution in [1.29, 1.82) is 5.26 Å². The SMILES string of the molecule is N#Cc1nccc(C2(NC(=O)Nc3ccccc3)CCCCC2)n1. The topological polar surface area (TPSA) is 90.7 Å². The van der Waals surface area contributed by atoms with E-state index in [9.17, 15) is 4.79 Å². The standard InChI is InChI=1S/C18H19N5O/c19-13-16-20-12-9-15(22-16)18(10-5-2-6-11-18)23-17(24)21-14-7-3-1-4-8-14/h1,3-4,7-9,12H,2,5-6,10-11H2,(H2,21,23,24). The van der Waals surface area contributed by atoms with Crippen LogP contribution < -0.4 is 10.6 Å². The van der Waals surface area contributed by atoms with Gasteiger partial charge in [0.05, 0.1) is 11.2 Å². The molecule has 1 heterocycles. The molecule has 24 heavy (non-hydrogen) atoms. The molecule has 1 fully saturated rings.